The standard InChI is InChI=1S/C16H26N2O4/c1-18(2)13(20)16(6-3-4-7-16)11-17-12(19)10-15(14(21)22)8-5-9-15/h3-11H2,1-2H3,(H,17,19)(H,21,22). The van der Waals surface area contributed by atoms with Crippen molar-refractivity contribution in [2.24, 2.45) is 10.8 Å². The Labute approximate surface area is 131 Å². The van der Waals surface area contributed by atoms with Crippen LogP contribution in [-0.2, 0) is 14.4 Å². The van der Waals surface area contributed by atoms with Gasteiger partial charge in [-0.1, -0.05) is 19.3 Å². The van der Waals surface area contributed by atoms with Crippen LogP contribution in [0.25, 0.3) is 0 Å². The smallest absolute Gasteiger partial charge is 0.310 e. The number of carbonyl (C=O) groups is 3. The quantitative estimate of drug-likeness (QED) is 0.776. The molecule has 2 fully saturated rings. The fourth-order valence-electron chi connectivity index (χ4n) is 3.70. The molecule has 0 aromatic carbocycles. The zero-order valence-corrected chi connectivity index (χ0v) is 13.5. The minimum absolute atomic E-state index is 0.0224. The third kappa shape index (κ3) is 3.10. The molecule has 2 rings (SSSR count). The Balaban J connectivity index is 1.94. The van der Waals surface area contributed by atoms with Crippen LogP contribution in [0.4, 0.5) is 0 Å². The first kappa shape index (κ1) is 16.8. The maximum atomic E-state index is 12.4. The van der Waals surface area contributed by atoms with E-state index in [4.69, 9.17) is 0 Å². The Bertz CT molecular complexity index is 463. The van der Waals surface area contributed by atoms with Gasteiger partial charge in [0.1, 0.15) is 0 Å². The average molecular weight is 310 g/mol. The van der Waals surface area contributed by atoms with Crippen LogP contribution in [0.5, 0.6) is 0 Å². The molecule has 2 amide bonds. The number of carboxylic acids is 1. The van der Waals surface area contributed by atoms with E-state index < -0.39 is 16.8 Å². The maximum Gasteiger partial charge on any atom is 0.310 e. The molecule has 0 aromatic heterocycles. The van der Waals surface area contributed by atoms with Gasteiger partial charge in [0, 0.05) is 27.1 Å². The van der Waals surface area contributed by atoms with Crippen LogP contribution < -0.4 is 5.32 Å². The number of rotatable bonds is 6. The average Bonchev–Trinajstić information content (AvgIpc) is 2.89. The van der Waals surface area contributed by atoms with Crippen molar-refractivity contribution in [3.05, 3.63) is 0 Å². The van der Waals surface area contributed by atoms with Crippen molar-refractivity contribution in [3.63, 3.8) is 0 Å². The van der Waals surface area contributed by atoms with Crippen LogP contribution in [0.1, 0.15) is 51.4 Å². The molecule has 2 aliphatic carbocycles. The van der Waals surface area contributed by atoms with Gasteiger partial charge in [-0.05, 0) is 25.7 Å². The first-order valence-electron chi connectivity index (χ1n) is 8.03. The van der Waals surface area contributed by atoms with Gasteiger partial charge in [-0.2, -0.15) is 0 Å². The van der Waals surface area contributed by atoms with Crippen molar-refractivity contribution in [1.29, 1.82) is 0 Å². The normalized spacial score (nSPS) is 21.7. The second-order valence-electron chi connectivity index (χ2n) is 7.08. The van der Waals surface area contributed by atoms with E-state index in [-0.39, 0.29) is 18.2 Å². The molecule has 0 spiro atoms. The van der Waals surface area contributed by atoms with E-state index in [1.807, 2.05) is 0 Å². The molecule has 0 aromatic rings. The summed E-state index contributed by atoms with van der Waals surface area (Å²) in [5.41, 5.74) is -1.38. The summed E-state index contributed by atoms with van der Waals surface area (Å²) in [6.45, 7) is 0.318. The number of nitrogens with one attached hydrogen (secondary N) is 1. The van der Waals surface area contributed by atoms with Gasteiger partial charge < -0.3 is 15.3 Å². The Hall–Kier alpha value is -1.59. The van der Waals surface area contributed by atoms with Crippen LogP contribution >= 0.6 is 0 Å². The monoisotopic (exact) mass is 310 g/mol. The molecule has 0 radical (unpaired) electrons. The topological polar surface area (TPSA) is 86.7 Å². The van der Waals surface area contributed by atoms with Crippen LogP contribution in [0, 0.1) is 10.8 Å². The summed E-state index contributed by atoms with van der Waals surface area (Å²) in [6, 6.07) is 0. The molecule has 6 heteroatoms. The van der Waals surface area contributed by atoms with E-state index in [1.165, 1.54) is 0 Å². The highest BCUT2D eigenvalue weighted by molar-refractivity contribution is 5.87. The van der Waals surface area contributed by atoms with Gasteiger partial charge in [0.2, 0.25) is 11.8 Å². The van der Waals surface area contributed by atoms with Gasteiger partial charge in [0.25, 0.3) is 0 Å². The summed E-state index contributed by atoms with van der Waals surface area (Å²) in [7, 11) is 3.47. The summed E-state index contributed by atoms with van der Waals surface area (Å²) in [5.74, 6) is -1.07. The molecule has 2 N–H and O–H groups in total. The van der Waals surface area contributed by atoms with Gasteiger partial charge in [-0.25, -0.2) is 0 Å². The van der Waals surface area contributed by atoms with Gasteiger partial charge >= 0.3 is 5.97 Å². The van der Waals surface area contributed by atoms with Crippen LogP contribution in [0.15, 0.2) is 0 Å². The van der Waals surface area contributed by atoms with E-state index in [2.05, 4.69) is 5.32 Å². The number of amides is 2. The minimum atomic E-state index is -0.881. The maximum absolute atomic E-state index is 12.4. The number of aliphatic carboxylic acids is 1. The molecule has 0 unspecified atom stereocenters. The first-order valence-corrected chi connectivity index (χ1v) is 8.03. The fourth-order valence-corrected chi connectivity index (χ4v) is 3.70. The lowest BCUT2D eigenvalue weighted by Crippen LogP contribution is -2.48. The molecular weight excluding hydrogens is 284 g/mol. The highest BCUT2D eigenvalue weighted by atomic mass is 16.4. The van der Waals surface area contributed by atoms with Crippen molar-refractivity contribution in [1.82, 2.24) is 10.2 Å². The lowest BCUT2D eigenvalue weighted by atomic mass is 9.66. The van der Waals surface area contributed by atoms with Crippen LogP contribution in [-0.4, -0.2) is 48.4 Å². The first-order chi connectivity index (χ1) is 10.3. The van der Waals surface area contributed by atoms with E-state index in [0.29, 0.717) is 19.4 Å². The Morgan fingerprint density at radius 1 is 1.00 bits per heavy atom. The number of carbonyl (C=O) groups excluding carboxylic acids is 2. The van der Waals surface area contributed by atoms with Crippen molar-refractivity contribution < 1.29 is 19.5 Å². The summed E-state index contributed by atoms with van der Waals surface area (Å²) in [5, 5.41) is 12.1. The highest BCUT2D eigenvalue weighted by Crippen LogP contribution is 2.44. The Morgan fingerprint density at radius 3 is 1.95 bits per heavy atom. The van der Waals surface area contributed by atoms with E-state index >= 15 is 0 Å². The lowest BCUT2D eigenvalue weighted by molar-refractivity contribution is -0.157. The van der Waals surface area contributed by atoms with E-state index in [1.54, 1.807) is 19.0 Å². The third-order valence-corrected chi connectivity index (χ3v) is 5.31. The largest absolute Gasteiger partial charge is 0.481 e. The minimum Gasteiger partial charge on any atom is -0.481 e. The molecule has 0 heterocycles. The number of carboxylic acid groups (broad SMARTS) is 1. The van der Waals surface area contributed by atoms with Crippen molar-refractivity contribution in [2.45, 2.75) is 51.4 Å². The molecule has 0 aliphatic heterocycles. The van der Waals surface area contributed by atoms with E-state index in [9.17, 15) is 19.5 Å². The lowest BCUT2D eigenvalue weighted by Gasteiger charge is -2.37. The highest BCUT2D eigenvalue weighted by Gasteiger charge is 2.47. The van der Waals surface area contributed by atoms with Gasteiger partial charge in [0.05, 0.1) is 10.8 Å². The van der Waals surface area contributed by atoms with Gasteiger partial charge in [-0.3, -0.25) is 14.4 Å². The summed E-state index contributed by atoms with van der Waals surface area (Å²) >= 11 is 0. The van der Waals surface area contributed by atoms with Gasteiger partial charge in [-0.15, -0.1) is 0 Å². The summed E-state index contributed by atoms with van der Waals surface area (Å²) in [4.78, 5) is 37.5. The van der Waals surface area contributed by atoms with Crippen molar-refractivity contribution in [3.8, 4) is 0 Å². The molecule has 0 saturated heterocycles. The summed E-state index contributed by atoms with van der Waals surface area (Å²) in [6.07, 6.45) is 5.58. The molecule has 124 valence electrons. The number of hydrogen-bond donors (Lipinski definition) is 2. The van der Waals surface area contributed by atoms with Crippen molar-refractivity contribution in [2.75, 3.05) is 20.6 Å². The van der Waals surface area contributed by atoms with Crippen LogP contribution in [0.3, 0.4) is 0 Å². The van der Waals surface area contributed by atoms with Crippen LogP contribution in [0.2, 0.25) is 0 Å². The van der Waals surface area contributed by atoms with E-state index in [0.717, 1.165) is 32.1 Å². The number of hydrogen-bond acceptors (Lipinski definition) is 3. The zero-order chi connectivity index (χ0) is 16.4. The number of nitrogens with zero attached hydrogens (tertiary/aromatic N) is 1. The second-order valence-corrected chi connectivity index (χ2v) is 7.08. The Kier molecular flexibility index (Phi) is 4.78. The molecule has 2 saturated carbocycles. The molecule has 0 atom stereocenters. The predicted molar refractivity (Wildman–Crippen MR) is 81.1 cm³/mol. The molecule has 0 bridgehead atoms. The molecule has 2 aliphatic rings. The van der Waals surface area contributed by atoms with Gasteiger partial charge in [0.15, 0.2) is 0 Å². The Morgan fingerprint density at radius 2 is 1.55 bits per heavy atom. The SMILES string of the molecule is CN(C)C(=O)C1(CNC(=O)CC2(C(=O)O)CCC2)CCCC1. The zero-order valence-electron chi connectivity index (χ0n) is 13.5. The second kappa shape index (κ2) is 6.26. The molecular formula is C16H26N2O4. The summed E-state index contributed by atoms with van der Waals surface area (Å²) < 4.78 is 0. The molecule has 6 nitrogen and oxygen atoms in total. The molecule has 22 heavy (non-hydrogen) atoms. The predicted octanol–water partition coefficient (Wildman–Crippen LogP) is 1.40. The fraction of sp³-hybridized carbons (Fsp3) is 0.812. The van der Waals surface area contributed by atoms with Crippen molar-refractivity contribution >= 4 is 17.8 Å². The third-order valence-electron chi connectivity index (χ3n) is 5.31.